The molecule has 0 saturated carbocycles. The van der Waals surface area contributed by atoms with Crippen molar-refractivity contribution >= 4 is 35.6 Å². The van der Waals surface area contributed by atoms with E-state index in [1.54, 1.807) is 24.3 Å². The number of imide groups is 1. The van der Waals surface area contributed by atoms with Crippen LogP contribution in [0.1, 0.15) is 23.7 Å². The Hall–Kier alpha value is -2.75. The molecule has 27 heavy (non-hydrogen) atoms. The van der Waals surface area contributed by atoms with Crippen LogP contribution in [0.25, 0.3) is 0 Å². The van der Waals surface area contributed by atoms with Crippen LogP contribution in [-0.2, 0) is 14.3 Å². The van der Waals surface area contributed by atoms with Crippen molar-refractivity contribution in [3.63, 3.8) is 0 Å². The van der Waals surface area contributed by atoms with E-state index < -0.39 is 36.0 Å². The summed E-state index contributed by atoms with van der Waals surface area (Å²) in [6.45, 7) is 1.30. The van der Waals surface area contributed by atoms with Crippen LogP contribution in [0.15, 0.2) is 24.3 Å². The number of nitrogens with one attached hydrogen (secondary N) is 2. The number of urea groups is 1. The first kappa shape index (κ1) is 22.3. The van der Waals surface area contributed by atoms with Crippen molar-refractivity contribution in [2.24, 2.45) is 5.73 Å². The Morgan fingerprint density at radius 3 is 2.48 bits per heavy atom. The third-order valence-corrected chi connectivity index (χ3v) is 4.10. The van der Waals surface area contributed by atoms with Gasteiger partial charge >= 0.3 is 12.0 Å². The summed E-state index contributed by atoms with van der Waals surface area (Å²) in [6.07, 6.45) is 0.906. The Morgan fingerprint density at radius 2 is 1.89 bits per heavy atom. The third kappa shape index (κ3) is 7.18. The largest absolute Gasteiger partial charge is 0.496 e. The zero-order valence-corrected chi connectivity index (χ0v) is 16.1. The number of para-hydroxylation sites is 1. The molecule has 0 aliphatic carbocycles. The molecule has 2 atom stereocenters. The highest BCUT2D eigenvalue weighted by atomic mass is 32.2. The van der Waals surface area contributed by atoms with E-state index in [4.69, 9.17) is 15.2 Å². The van der Waals surface area contributed by atoms with E-state index in [1.165, 1.54) is 25.8 Å². The number of primary amides is 1. The van der Waals surface area contributed by atoms with Gasteiger partial charge in [0, 0.05) is 0 Å². The molecular weight excluding hydrogens is 374 g/mol. The number of carbonyl (C=O) groups is 4. The molecule has 0 spiro atoms. The second-order valence-corrected chi connectivity index (χ2v) is 6.43. The minimum atomic E-state index is -1.25. The van der Waals surface area contributed by atoms with Gasteiger partial charge in [-0.1, -0.05) is 12.1 Å². The second kappa shape index (κ2) is 11.1. The van der Waals surface area contributed by atoms with Crippen LogP contribution in [0.3, 0.4) is 0 Å². The summed E-state index contributed by atoms with van der Waals surface area (Å²) in [5.74, 6) is -1.21. The monoisotopic (exact) mass is 397 g/mol. The van der Waals surface area contributed by atoms with Gasteiger partial charge in [-0.05, 0) is 37.5 Å². The minimum Gasteiger partial charge on any atom is -0.496 e. The summed E-state index contributed by atoms with van der Waals surface area (Å²) in [4.78, 5) is 47.3. The Labute approximate surface area is 161 Å². The molecule has 0 bridgehead atoms. The van der Waals surface area contributed by atoms with E-state index in [9.17, 15) is 19.2 Å². The van der Waals surface area contributed by atoms with Gasteiger partial charge in [0.25, 0.3) is 11.8 Å². The molecule has 0 heterocycles. The molecule has 4 N–H and O–H groups in total. The zero-order valence-electron chi connectivity index (χ0n) is 15.3. The summed E-state index contributed by atoms with van der Waals surface area (Å²) in [5.41, 5.74) is 5.13. The standard InChI is InChI=1S/C17H23N3O6S/c1-10(14(21)20-17(18)24)26-16(23)12(8-9-27-3)19-15(22)11-6-4-5-7-13(11)25-2/h4-7,10,12H,8-9H2,1-3H3,(H,19,22)(H3,18,20,21,24)/t10-,12-/m0/s1. The molecule has 0 aliphatic heterocycles. The number of rotatable bonds is 9. The van der Waals surface area contributed by atoms with Crippen LogP contribution in [0.4, 0.5) is 4.79 Å². The maximum absolute atomic E-state index is 12.5. The highest BCUT2D eigenvalue weighted by Crippen LogP contribution is 2.17. The maximum atomic E-state index is 12.5. The quantitative estimate of drug-likeness (QED) is 0.521. The Bertz CT molecular complexity index is 697. The fourth-order valence-corrected chi connectivity index (χ4v) is 2.56. The lowest BCUT2D eigenvalue weighted by atomic mass is 10.1. The smallest absolute Gasteiger partial charge is 0.329 e. The molecule has 0 radical (unpaired) electrons. The number of thioether (sulfide) groups is 1. The molecule has 0 aromatic heterocycles. The number of methoxy groups -OCH3 is 1. The molecule has 1 rings (SSSR count). The number of nitrogens with two attached hydrogens (primary N) is 1. The van der Waals surface area contributed by atoms with Gasteiger partial charge in [-0.25, -0.2) is 9.59 Å². The van der Waals surface area contributed by atoms with Gasteiger partial charge in [0.15, 0.2) is 6.10 Å². The molecule has 0 aliphatic rings. The van der Waals surface area contributed by atoms with Gasteiger partial charge in [-0.2, -0.15) is 11.8 Å². The van der Waals surface area contributed by atoms with Crippen molar-refractivity contribution in [1.82, 2.24) is 10.6 Å². The highest BCUT2D eigenvalue weighted by molar-refractivity contribution is 7.98. The minimum absolute atomic E-state index is 0.265. The van der Waals surface area contributed by atoms with Gasteiger partial charge in [0.2, 0.25) is 0 Å². The third-order valence-electron chi connectivity index (χ3n) is 3.46. The summed E-state index contributed by atoms with van der Waals surface area (Å²) in [7, 11) is 1.44. The summed E-state index contributed by atoms with van der Waals surface area (Å²) < 4.78 is 10.2. The first-order valence-corrected chi connectivity index (χ1v) is 9.43. The summed E-state index contributed by atoms with van der Waals surface area (Å²) in [5, 5.41) is 4.42. The molecular formula is C17H23N3O6S. The Balaban J connectivity index is 2.85. The fourth-order valence-electron chi connectivity index (χ4n) is 2.09. The molecule has 9 nitrogen and oxygen atoms in total. The first-order valence-electron chi connectivity index (χ1n) is 8.03. The first-order chi connectivity index (χ1) is 12.8. The van der Waals surface area contributed by atoms with Crippen LogP contribution < -0.4 is 21.1 Å². The van der Waals surface area contributed by atoms with Crippen molar-refractivity contribution in [2.75, 3.05) is 19.1 Å². The van der Waals surface area contributed by atoms with Crippen LogP contribution in [0.5, 0.6) is 5.75 Å². The van der Waals surface area contributed by atoms with E-state index in [0.29, 0.717) is 17.9 Å². The van der Waals surface area contributed by atoms with Crippen molar-refractivity contribution < 1.29 is 28.7 Å². The number of esters is 1. The van der Waals surface area contributed by atoms with Crippen LogP contribution in [0, 0.1) is 0 Å². The second-order valence-electron chi connectivity index (χ2n) is 5.44. The molecule has 10 heteroatoms. The Morgan fingerprint density at radius 1 is 1.22 bits per heavy atom. The van der Waals surface area contributed by atoms with Gasteiger partial charge < -0.3 is 20.5 Å². The number of hydrogen-bond donors (Lipinski definition) is 3. The van der Waals surface area contributed by atoms with Crippen molar-refractivity contribution in [2.45, 2.75) is 25.5 Å². The van der Waals surface area contributed by atoms with Gasteiger partial charge in [-0.3, -0.25) is 14.9 Å². The molecule has 1 aromatic rings. The molecule has 0 unspecified atom stereocenters. The van der Waals surface area contributed by atoms with Crippen molar-refractivity contribution in [3.8, 4) is 5.75 Å². The van der Waals surface area contributed by atoms with Crippen LogP contribution >= 0.6 is 11.8 Å². The molecule has 148 valence electrons. The van der Waals surface area contributed by atoms with Gasteiger partial charge in [0.1, 0.15) is 11.8 Å². The lowest BCUT2D eigenvalue weighted by Crippen LogP contribution is -2.47. The average Bonchev–Trinajstić information content (AvgIpc) is 2.63. The molecule has 0 saturated heterocycles. The van der Waals surface area contributed by atoms with E-state index >= 15 is 0 Å². The van der Waals surface area contributed by atoms with E-state index in [2.05, 4.69) is 5.32 Å². The van der Waals surface area contributed by atoms with Crippen LogP contribution in [0.2, 0.25) is 0 Å². The number of ether oxygens (including phenoxy) is 2. The predicted octanol–water partition coefficient (Wildman–Crippen LogP) is 0.673. The zero-order chi connectivity index (χ0) is 20.4. The lowest BCUT2D eigenvalue weighted by Gasteiger charge is -2.20. The lowest BCUT2D eigenvalue weighted by molar-refractivity contribution is -0.156. The maximum Gasteiger partial charge on any atom is 0.329 e. The topological polar surface area (TPSA) is 137 Å². The predicted molar refractivity (Wildman–Crippen MR) is 101 cm³/mol. The summed E-state index contributed by atoms with van der Waals surface area (Å²) in [6, 6.07) is 4.55. The number of hydrogen-bond acceptors (Lipinski definition) is 7. The Kier molecular flexibility index (Phi) is 9.14. The van der Waals surface area contributed by atoms with Crippen LogP contribution in [-0.4, -0.2) is 55.1 Å². The molecule has 0 fully saturated rings. The van der Waals surface area contributed by atoms with E-state index in [1.807, 2.05) is 11.6 Å². The van der Waals surface area contributed by atoms with E-state index in [0.717, 1.165) is 0 Å². The van der Waals surface area contributed by atoms with Gasteiger partial charge in [0.05, 0.1) is 12.7 Å². The number of carbonyl (C=O) groups excluding carboxylic acids is 4. The normalized spacial score (nSPS) is 12.4. The van der Waals surface area contributed by atoms with Crippen molar-refractivity contribution in [1.29, 1.82) is 0 Å². The number of amides is 4. The highest BCUT2D eigenvalue weighted by Gasteiger charge is 2.27. The SMILES string of the molecule is COc1ccccc1C(=O)N[C@@H](CCSC)C(=O)O[C@@H](C)C(=O)NC(N)=O. The van der Waals surface area contributed by atoms with Gasteiger partial charge in [-0.15, -0.1) is 0 Å². The number of benzene rings is 1. The summed E-state index contributed by atoms with van der Waals surface area (Å²) >= 11 is 1.49. The average molecular weight is 397 g/mol. The van der Waals surface area contributed by atoms with E-state index in [-0.39, 0.29) is 5.56 Å². The fraction of sp³-hybridized carbons (Fsp3) is 0.412. The molecule has 4 amide bonds. The molecule has 1 aromatic carbocycles. The van der Waals surface area contributed by atoms with Crippen molar-refractivity contribution in [3.05, 3.63) is 29.8 Å².